The second-order valence-corrected chi connectivity index (χ2v) is 6.57. The summed E-state index contributed by atoms with van der Waals surface area (Å²) in [5.41, 5.74) is 2.30. The molecule has 1 aliphatic carbocycles. The Morgan fingerprint density at radius 3 is 2.74 bits per heavy atom. The molecule has 0 saturated heterocycles. The van der Waals surface area contributed by atoms with E-state index in [1.165, 1.54) is 18.5 Å². The van der Waals surface area contributed by atoms with Crippen LogP contribution in [0.15, 0.2) is 4.47 Å². The summed E-state index contributed by atoms with van der Waals surface area (Å²) in [5, 5.41) is 14.8. The van der Waals surface area contributed by atoms with E-state index < -0.39 is 0 Å². The van der Waals surface area contributed by atoms with E-state index >= 15 is 0 Å². The Morgan fingerprint density at radius 1 is 1.37 bits per heavy atom. The van der Waals surface area contributed by atoms with E-state index in [1.54, 1.807) is 0 Å². The number of aryl methyl sites for hydroxylation is 2. The first-order chi connectivity index (χ1) is 9.06. The molecule has 1 aliphatic rings. The number of hydrogen-bond donors (Lipinski definition) is 1. The van der Waals surface area contributed by atoms with Crippen molar-refractivity contribution in [2.75, 3.05) is 0 Å². The molecule has 19 heavy (non-hydrogen) atoms. The van der Waals surface area contributed by atoms with Crippen molar-refractivity contribution in [3.63, 3.8) is 0 Å². The van der Waals surface area contributed by atoms with Crippen molar-refractivity contribution in [2.45, 2.75) is 65.5 Å². The highest BCUT2D eigenvalue weighted by atomic mass is 79.9. The standard InChI is InChI=1S/C15H25BrN2O/c1-4-11-6-7-14(19)12(8-11)9-13-15(16)10(3)17-18(13)5-2/h11-12,14,19H,4-9H2,1-3H3. The molecule has 1 aromatic heterocycles. The molecule has 0 aliphatic heterocycles. The average Bonchev–Trinajstić information content (AvgIpc) is 2.68. The topological polar surface area (TPSA) is 38.1 Å². The van der Waals surface area contributed by atoms with Gasteiger partial charge in [0.2, 0.25) is 0 Å². The lowest BCUT2D eigenvalue weighted by Gasteiger charge is -2.33. The number of halogens is 1. The molecule has 3 nitrogen and oxygen atoms in total. The molecule has 0 amide bonds. The summed E-state index contributed by atoms with van der Waals surface area (Å²) in [6.45, 7) is 7.30. The molecule has 1 fully saturated rings. The van der Waals surface area contributed by atoms with E-state index in [0.29, 0.717) is 5.92 Å². The van der Waals surface area contributed by atoms with E-state index in [4.69, 9.17) is 0 Å². The summed E-state index contributed by atoms with van der Waals surface area (Å²) in [6, 6.07) is 0. The van der Waals surface area contributed by atoms with Gasteiger partial charge in [-0.05, 0) is 67.3 Å². The number of aliphatic hydroxyl groups is 1. The van der Waals surface area contributed by atoms with Gasteiger partial charge in [-0.1, -0.05) is 13.3 Å². The molecule has 108 valence electrons. The Hall–Kier alpha value is -0.350. The summed E-state index contributed by atoms with van der Waals surface area (Å²) in [5.74, 6) is 1.17. The van der Waals surface area contributed by atoms with Crippen LogP contribution in [-0.2, 0) is 13.0 Å². The van der Waals surface area contributed by atoms with Crippen molar-refractivity contribution < 1.29 is 5.11 Å². The average molecular weight is 329 g/mol. The minimum absolute atomic E-state index is 0.143. The zero-order chi connectivity index (χ0) is 14.0. The first-order valence-electron chi connectivity index (χ1n) is 7.46. The van der Waals surface area contributed by atoms with Gasteiger partial charge in [-0.25, -0.2) is 0 Å². The van der Waals surface area contributed by atoms with Crippen LogP contribution in [0.3, 0.4) is 0 Å². The maximum Gasteiger partial charge on any atom is 0.0738 e. The van der Waals surface area contributed by atoms with Gasteiger partial charge in [-0.3, -0.25) is 4.68 Å². The number of rotatable bonds is 4. The Labute approximate surface area is 124 Å². The van der Waals surface area contributed by atoms with E-state index in [2.05, 4.69) is 39.6 Å². The fourth-order valence-corrected chi connectivity index (χ4v) is 3.69. The Morgan fingerprint density at radius 2 is 2.11 bits per heavy atom. The molecule has 3 atom stereocenters. The van der Waals surface area contributed by atoms with Gasteiger partial charge in [0.05, 0.1) is 22.0 Å². The summed E-state index contributed by atoms with van der Waals surface area (Å²) in [7, 11) is 0. The molecule has 4 heteroatoms. The Bertz CT molecular complexity index is 430. The smallest absolute Gasteiger partial charge is 0.0738 e. The van der Waals surface area contributed by atoms with Crippen molar-refractivity contribution in [3.8, 4) is 0 Å². The lowest BCUT2D eigenvalue weighted by Crippen LogP contribution is -2.31. The lowest BCUT2D eigenvalue weighted by atomic mass is 9.76. The molecule has 0 aromatic carbocycles. The first kappa shape index (κ1) is 15.0. The Balaban J connectivity index is 2.15. The molecule has 1 saturated carbocycles. The zero-order valence-corrected chi connectivity index (χ0v) is 13.8. The molecular formula is C15H25BrN2O. The monoisotopic (exact) mass is 328 g/mol. The number of aliphatic hydroxyl groups excluding tert-OH is 1. The fourth-order valence-electron chi connectivity index (χ4n) is 3.25. The van der Waals surface area contributed by atoms with Crippen LogP contribution in [0.1, 0.15) is 50.9 Å². The van der Waals surface area contributed by atoms with Gasteiger partial charge in [0.25, 0.3) is 0 Å². The molecule has 1 aromatic rings. The second-order valence-electron chi connectivity index (χ2n) is 5.78. The van der Waals surface area contributed by atoms with Gasteiger partial charge in [-0.15, -0.1) is 0 Å². The molecule has 0 radical (unpaired) electrons. The summed E-state index contributed by atoms with van der Waals surface area (Å²) in [4.78, 5) is 0. The number of hydrogen-bond acceptors (Lipinski definition) is 2. The minimum atomic E-state index is -0.143. The molecule has 1 heterocycles. The first-order valence-corrected chi connectivity index (χ1v) is 8.25. The molecule has 0 bridgehead atoms. The van der Waals surface area contributed by atoms with Gasteiger partial charge >= 0.3 is 0 Å². The van der Waals surface area contributed by atoms with Gasteiger partial charge in [0.15, 0.2) is 0 Å². The largest absolute Gasteiger partial charge is 0.393 e. The number of aromatic nitrogens is 2. The van der Waals surface area contributed by atoms with E-state index in [-0.39, 0.29) is 6.10 Å². The minimum Gasteiger partial charge on any atom is -0.393 e. The third kappa shape index (κ3) is 3.22. The summed E-state index contributed by atoms with van der Waals surface area (Å²) in [6.07, 6.45) is 5.32. The second kappa shape index (κ2) is 6.40. The predicted molar refractivity (Wildman–Crippen MR) is 81.2 cm³/mol. The lowest BCUT2D eigenvalue weighted by molar-refractivity contribution is 0.0464. The predicted octanol–water partition coefficient (Wildman–Crippen LogP) is 3.70. The van der Waals surface area contributed by atoms with Crippen LogP contribution in [0, 0.1) is 18.8 Å². The van der Waals surface area contributed by atoms with Crippen molar-refractivity contribution in [3.05, 3.63) is 15.9 Å². The molecular weight excluding hydrogens is 304 g/mol. The molecule has 1 N–H and O–H groups in total. The quantitative estimate of drug-likeness (QED) is 0.915. The van der Waals surface area contributed by atoms with Gasteiger partial charge in [0.1, 0.15) is 0 Å². The number of nitrogens with zero attached hydrogens (tertiary/aromatic N) is 2. The summed E-state index contributed by atoms with van der Waals surface area (Å²) >= 11 is 3.66. The molecule has 3 unspecified atom stereocenters. The van der Waals surface area contributed by atoms with E-state index in [0.717, 1.165) is 41.9 Å². The normalized spacial score (nSPS) is 27.7. The van der Waals surface area contributed by atoms with Crippen molar-refractivity contribution in [1.82, 2.24) is 9.78 Å². The third-order valence-electron chi connectivity index (χ3n) is 4.54. The van der Waals surface area contributed by atoms with Crippen molar-refractivity contribution in [1.29, 1.82) is 0 Å². The van der Waals surface area contributed by atoms with Crippen LogP contribution >= 0.6 is 15.9 Å². The fraction of sp³-hybridized carbons (Fsp3) is 0.800. The van der Waals surface area contributed by atoms with Gasteiger partial charge < -0.3 is 5.11 Å². The molecule has 2 rings (SSSR count). The highest BCUT2D eigenvalue weighted by Crippen LogP contribution is 2.35. The highest BCUT2D eigenvalue weighted by molar-refractivity contribution is 9.10. The van der Waals surface area contributed by atoms with Crippen LogP contribution in [0.5, 0.6) is 0 Å². The maximum absolute atomic E-state index is 10.3. The van der Waals surface area contributed by atoms with E-state index in [1.807, 2.05) is 6.92 Å². The molecule has 0 spiro atoms. The van der Waals surface area contributed by atoms with E-state index in [9.17, 15) is 5.11 Å². The van der Waals surface area contributed by atoms with Gasteiger partial charge in [-0.2, -0.15) is 5.10 Å². The highest BCUT2D eigenvalue weighted by Gasteiger charge is 2.30. The maximum atomic E-state index is 10.3. The van der Waals surface area contributed by atoms with Crippen LogP contribution in [0.25, 0.3) is 0 Å². The Kier molecular flexibility index (Phi) is 5.07. The zero-order valence-electron chi connectivity index (χ0n) is 12.2. The van der Waals surface area contributed by atoms with Crippen LogP contribution in [0.4, 0.5) is 0 Å². The SMILES string of the molecule is CCC1CCC(O)C(Cc2c(Br)c(C)nn2CC)C1. The summed E-state index contributed by atoms with van der Waals surface area (Å²) < 4.78 is 3.20. The van der Waals surface area contributed by atoms with Crippen LogP contribution < -0.4 is 0 Å². The van der Waals surface area contributed by atoms with Crippen molar-refractivity contribution in [2.24, 2.45) is 11.8 Å². The third-order valence-corrected chi connectivity index (χ3v) is 5.57. The van der Waals surface area contributed by atoms with Crippen LogP contribution in [0.2, 0.25) is 0 Å². The van der Waals surface area contributed by atoms with Crippen molar-refractivity contribution >= 4 is 15.9 Å². The van der Waals surface area contributed by atoms with Gasteiger partial charge in [0, 0.05) is 6.54 Å². The van der Waals surface area contributed by atoms with Crippen LogP contribution in [-0.4, -0.2) is 21.0 Å².